The first kappa shape index (κ1) is 26.6. The molecule has 1 aliphatic rings. The molecule has 2 atom stereocenters. The highest BCUT2D eigenvalue weighted by Crippen LogP contribution is 2.35. The minimum absolute atomic E-state index is 0.0962. The van der Waals surface area contributed by atoms with E-state index < -0.39 is 29.6 Å². The molecule has 3 aromatic carbocycles. The summed E-state index contributed by atoms with van der Waals surface area (Å²) in [6, 6.07) is 20.4. The first-order valence-corrected chi connectivity index (χ1v) is 12.7. The number of anilines is 1. The van der Waals surface area contributed by atoms with Gasteiger partial charge < -0.3 is 5.73 Å². The van der Waals surface area contributed by atoms with Crippen molar-refractivity contribution in [1.82, 2.24) is 14.5 Å². The summed E-state index contributed by atoms with van der Waals surface area (Å²) < 4.78 is 55.6. The van der Waals surface area contributed by atoms with Gasteiger partial charge in [0.2, 0.25) is 5.95 Å². The fourth-order valence-corrected chi connectivity index (χ4v) is 5.45. The van der Waals surface area contributed by atoms with E-state index in [1.54, 1.807) is 6.92 Å². The number of nitrogen functional groups attached to an aromatic ring is 1. The van der Waals surface area contributed by atoms with E-state index in [1.807, 2.05) is 72.5 Å². The molecule has 0 amide bonds. The Morgan fingerprint density at radius 2 is 1.56 bits per heavy atom. The fraction of sp³-hybridized carbons (Fsp3) is 0.267. The molecule has 0 bridgehead atoms. The third-order valence-corrected chi connectivity index (χ3v) is 7.48. The highest BCUT2D eigenvalue weighted by Gasteiger charge is 2.35. The molecule has 2 unspecified atom stereocenters. The Balaban J connectivity index is 1.57. The third-order valence-electron chi connectivity index (χ3n) is 7.48. The van der Waals surface area contributed by atoms with Crippen LogP contribution in [0.25, 0.3) is 0 Å². The lowest BCUT2D eigenvalue weighted by Gasteiger charge is -2.39. The Hall–Kier alpha value is -3.98. The van der Waals surface area contributed by atoms with E-state index in [9.17, 15) is 22.4 Å². The maximum absolute atomic E-state index is 14.9. The minimum atomic E-state index is -4.63. The van der Waals surface area contributed by atoms with Crippen molar-refractivity contribution in [3.05, 3.63) is 129 Å². The molecule has 2 heterocycles. The average molecular weight is 537 g/mol. The van der Waals surface area contributed by atoms with E-state index in [-0.39, 0.29) is 29.7 Å². The zero-order chi connectivity index (χ0) is 27.9. The zero-order valence-corrected chi connectivity index (χ0v) is 21.5. The second-order valence-corrected chi connectivity index (χ2v) is 9.93. The number of rotatable bonds is 5. The first-order valence-electron chi connectivity index (χ1n) is 12.7. The third kappa shape index (κ3) is 5.06. The minimum Gasteiger partial charge on any atom is -0.369 e. The molecule has 1 aromatic heterocycles. The number of halogens is 4. The summed E-state index contributed by atoms with van der Waals surface area (Å²) in [5.41, 5.74) is 7.96. The molecule has 0 saturated carbocycles. The summed E-state index contributed by atoms with van der Waals surface area (Å²) in [5.74, 6) is -0.838. The molecule has 0 fully saturated rings. The van der Waals surface area contributed by atoms with Crippen LogP contribution in [-0.4, -0.2) is 20.5 Å². The molecule has 5 nitrogen and oxygen atoms in total. The van der Waals surface area contributed by atoms with Crippen molar-refractivity contribution in [3.8, 4) is 0 Å². The van der Waals surface area contributed by atoms with Crippen molar-refractivity contribution in [3.63, 3.8) is 0 Å². The summed E-state index contributed by atoms with van der Waals surface area (Å²) in [6.45, 7) is 3.80. The van der Waals surface area contributed by atoms with Crippen molar-refractivity contribution >= 4 is 5.95 Å². The summed E-state index contributed by atoms with van der Waals surface area (Å²) in [4.78, 5) is 20.6. The molecule has 9 heteroatoms. The van der Waals surface area contributed by atoms with Crippen LogP contribution >= 0.6 is 0 Å². The fourth-order valence-electron chi connectivity index (χ4n) is 5.45. The van der Waals surface area contributed by atoms with Crippen LogP contribution in [0, 0.1) is 5.82 Å². The van der Waals surface area contributed by atoms with Gasteiger partial charge >= 0.3 is 6.18 Å². The lowest BCUT2D eigenvalue weighted by molar-refractivity contribution is -0.137. The van der Waals surface area contributed by atoms with Crippen LogP contribution in [0.3, 0.4) is 0 Å². The predicted octanol–water partition coefficient (Wildman–Crippen LogP) is 6.13. The number of hydrogen-bond donors (Lipinski definition) is 1. The summed E-state index contributed by atoms with van der Waals surface area (Å²) in [5, 5.41) is 0. The molecule has 4 aromatic rings. The number of fused-ring (bicyclic) bond motifs is 1. The molecule has 202 valence electrons. The van der Waals surface area contributed by atoms with Crippen molar-refractivity contribution in [2.24, 2.45) is 0 Å². The Morgan fingerprint density at radius 3 is 2.10 bits per heavy atom. The number of aromatic nitrogens is 2. The molecular weight excluding hydrogens is 508 g/mol. The van der Waals surface area contributed by atoms with E-state index in [1.165, 1.54) is 10.6 Å². The Kier molecular flexibility index (Phi) is 7.03. The van der Waals surface area contributed by atoms with Gasteiger partial charge in [0.05, 0.1) is 22.9 Å². The van der Waals surface area contributed by atoms with Gasteiger partial charge in [-0.15, -0.1) is 0 Å². The number of benzene rings is 3. The van der Waals surface area contributed by atoms with Gasteiger partial charge in [-0.1, -0.05) is 66.7 Å². The first-order chi connectivity index (χ1) is 18.6. The molecule has 1 aliphatic heterocycles. The van der Waals surface area contributed by atoms with E-state index >= 15 is 0 Å². The quantitative estimate of drug-likeness (QED) is 0.312. The van der Waals surface area contributed by atoms with Crippen LogP contribution in [0.2, 0.25) is 0 Å². The van der Waals surface area contributed by atoms with Crippen LogP contribution in [0.15, 0.2) is 83.7 Å². The van der Waals surface area contributed by atoms with Crippen LogP contribution in [0.1, 0.15) is 59.4 Å². The van der Waals surface area contributed by atoms with Crippen LogP contribution in [0.4, 0.5) is 23.5 Å². The smallest absolute Gasteiger partial charge is 0.369 e. The second kappa shape index (κ2) is 10.3. The van der Waals surface area contributed by atoms with E-state index in [0.717, 1.165) is 17.2 Å². The molecule has 0 aliphatic carbocycles. The van der Waals surface area contributed by atoms with Gasteiger partial charge in [0.25, 0.3) is 5.56 Å². The van der Waals surface area contributed by atoms with Crippen LogP contribution in [0.5, 0.6) is 0 Å². The summed E-state index contributed by atoms with van der Waals surface area (Å²) in [7, 11) is 0. The zero-order valence-electron chi connectivity index (χ0n) is 21.5. The van der Waals surface area contributed by atoms with E-state index in [0.29, 0.717) is 23.7 Å². The lowest BCUT2D eigenvalue weighted by atomic mass is 9.94. The maximum atomic E-state index is 14.9. The number of hydrogen-bond acceptors (Lipinski definition) is 4. The van der Waals surface area contributed by atoms with Crippen LogP contribution < -0.4 is 11.3 Å². The van der Waals surface area contributed by atoms with Gasteiger partial charge in [0.15, 0.2) is 0 Å². The van der Waals surface area contributed by atoms with Gasteiger partial charge in [-0.3, -0.25) is 14.3 Å². The summed E-state index contributed by atoms with van der Waals surface area (Å²) in [6.07, 6.45) is -4.24. The average Bonchev–Trinajstić information content (AvgIpc) is 2.91. The number of nitrogens with zero attached hydrogens (tertiary/aromatic N) is 3. The molecule has 5 rings (SSSR count). The number of alkyl halides is 3. The van der Waals surface area contributed by atoms with Crippen molar-refractivity contribution < 1.29 is 17.6 Å². The molecule has 0 saturated heterocycles. The van der Waals surface area contributed by atoms with Crippen molar-refractivity contribution in [2.45, 2.75) is 51.1 Å². The van der Waals surface area contributed by atoms with Gasteiger partial charge in [-0.25, -0.2) is 9.37 Å². The van der Waals surface area contributed by atoms with Crippen molar-refractivity contribution in [1.29, 1.82) is 0 Å². The molecule has 0 radical (unpaired) electrons. The Bertz CT molecular complexity index is 1500. The standard InChI is InChI=1S/C30H28F4N4O/c1-18-15-26-24(17-37(18)19(2)23-14-13-22(16-25(23)31)30(32,33)34)28(39)38(29(35)36-26)27(20-9-5-3-6-10-20)21-11-7-4-8-12-21/h3-14,16,18-19,27H,15,17H2,1-2H3,(H2,35,36). The second-order valence-electron chi connectivity index (χ2n) is 9.93. The monoisotopic (exact) mass is 536 g/mol. The lowest BCUT2D eigenvalue weighted by Crippen LogP contribution is -2.45. The molecule has 2 N–H and O–H groups in total. The van der Waals surface area contributed by atoms with E-state index in [2.05, 4.69) is 4.98 Å². The maximum Gasteiger partial charge on any atom is 0.416 e. The van der Waals surface area contributed by atoms with E-state index in [4.69, 9.17) is 5.73 Å². The topological polar surface area (TPSA) is 64.1 Å². The van der Waals surface area contributed by atoms with Gasteiger partial charge in [0.1, 0.15) is 5.82 Å². The molecule has 0 spiro atoms. The largest absolute Gasteiger partial charge is 0.416 e. The van der Waals surface area contributed by atoms with Crippen LogP contribution in [-0.2, 0) is 19.1 Å². The summed E-state index contributed by atoms with van der Waals surface area (Å²) >= 11 is 0. The predicted molar refractivity (Wildman–Crippen MR) is 142 cm³/mol. The normalized spacial score (nSPS) is 16.7. The highest BCUT2D eigenvalue weighted by molar-refractivity contribution is 5.39. The van der Waals surface area contributed by atoms with Gasteiger partial charge in [-0.05, 0) is 37.1 Å². The number of nitrogens with two attached hydrogens (primary N) is 1. The Morgan fingerprint density at radius 1 is 0.974 bits per heavy atom. The Labute approximate surface area is 223 Å². The van der Waals surface area contributed by atoms with Crippen molar-refractivity contribution in [2.75, 3.05) is 5.73 Å². The van der Waals surface area contributed by atoms with Gasteiger partial charge in [-0.2, -0.15) is 13.2 Å². The SMILES string of the molecule is CC1Cc2nc(N)n(C(c3ccccc3)c3ccccc3)c(=O)c2CN1C(C)c1ccc(C(F)(F)F)cc1F. The highest BCUT2D eigenvalue weighted by atomic mass is 19.4. The van der Waals surface area contributed by atoms with Gasteiger partial charge in [0, 0.05) is 30.6 Å². The molecular formula is C30H28F4N4O. The molecule has 39 heavy (non-hydrogen) atoms.